The van der Waals surface area contributed by atoms with E-state index in [4.69, 9.17) is 4.74 Å². The monoisotopic (exact) mass is 547 g/mol. The second-order valence-electron chi connectivity index (χ2n) is 9.61. The molecule has 8 nitrogen and oxygen atoms in total. The fraction of sp³-hybridized carbons (Fsp3) is 0.500. The van der Waals surface area contributed by atoms with E-state index in [9.17, 15) is 22.4 Å². The minimum Gasteiger partial charge on any atom is -0.465 e. The zero-order valence-corrected chi connectivity index (χ0v) is 23.4. The van der Waals surface area contributed by atoms with E-state index in [0.717, 1.165) is 74.6 Å². The van der Waals surface area contributed by atoms with Gasteiger partial charge in [-0.1, -0.05) is 19.9 Å². The molecular formula is C28H38FN3O5S. The van der Waals surface area contributed by atoms with Gasteiger partial charge in [-0.3, -0.25) is 9.52 Å². The van der Waals surface area contributed by atoms with Crippen LogP contribution in [-0.4, -0.2) is 58.0 Å². The molecular weight excluding hydrogens is 509 g/mol. The van der Waals surface area contributed by atoms with Gasteiger partial charge in [0, 0.05) is 6.04 Å². The highest BCUT2D eigenvalue weighted by Gasteiger charge is 2.28. The molecule has 0 bridgehead atoms. The topological polar surface area (TPSA) is 105 Å². The molecule has 38 heavy (non-hydrogen) atoms. The van der Waals surface area contributed by atoms with Crippen LogP contribution < -0.4 is 10.0 Å². The van der Waals surface area contributed by atoms with Gasteiger partial charge in [0.05, 0.1) is 23.9 Å². The van der Waals surface area contributed by atoms with Gasteiger partial charge in [-0.25, -0.2) is 17.6 Å². The van der Waals surface area contributed by atoms with Crippen LogP contribution >= 0.6 is 0 Å². The number of carbonyl (C=O) groups excluding carboxylic acids is 2. The number of nitrogens with zero attached hydrogens (tertiary/aromatic N) is 1. The zero-order valence-electron chi connectivity index (χ0n) is 22.6. The number of fused-ring (bicyclic) bond motifs is 1. The van der Waals surface area contributed by atoms with Crippen LogP contribution in [0.4, 0.5) is 10.1 Å². The molecule has 0 saturated heterocycles. The summed E-state index contributed by atoms with van der Waals surface area (Å²) in [5.74, 6) is -2.05. The Hall–Kier alpha value is -2.98. The van der Waals surface area contributed by atoms with Crippen molar-refractivity contribution in [3.63, 3.8) is 0 Å². The molecule has 2 aromatic carbocycles. The van der Waals surface area contributed by atoms with E-state index in [1.54, 1.807) is 6.07 Å². The fourth-order valence-electron chi connectivity index (χ4n) is 4.90. The van der Waals surface area contributed by atoms with Gasteiger partial charge >= 0.3 is 5.97 Å². The molecule has 1 atom stereocenters. The lowest BCUT2D eigenvalue weighted by Crippen LogP contribution is -2.35. The maximum Gasteiger partial charge on any atom is 0.340 e. The van der Waals surface area contributed by atoms with E-state index < -0.39 is 27.7 Å². The van der Waals surface area contributed by atoms with Crippen molar-refractivity contribution in [3.8, 4) is 0 Å². The first-order chi connectivity index (χ1) is 18.1. The lowest BCUT2D eigenvalue weighted by molar-refractivity contribution is 0.0600. The normalized spacial score (nSPS) is 14.1. The third-order valence-electron chi connectivity index (χ3n) is 7.03. The molecule has 2 N–H and O–H groups in total. The van der Waals surface area contributed by atoms with Gasteiger partial charge in [0.2, 0.25) is 0 Å². The first-order valence-corrected chi connectivity index (χ1v) is 14.7. The average Bonchev–Trinajstić information content (AvgIpc) is 2.90. The molecule has 208 valence electrons. The molecule has 1 unspecified atom stereocenters. The number of ether oxygens (including phenoxy) is 1. The summed E-state index contributed by atoms with van der Waals surface area (Å²) in [4.78, 5) is 27.7. The summed E-state index contributed by atoms with van der Waals surface area (Å²) in [5, 5.41) is 2.80. The molecule has 0 fully saturated rings. The highest BCUT2D eigenvalue weighted by molar-refractivity contribution is 7.92. The lowest BCUT2D eigenvalue weighted by Gasteiger charge is -2.22. The van der Waals surface area contributed by atoms with Crippen molar-refractivity contribution in [2.75, 3.05) is 31.5 Å². The number of esters is 1. The number of nitrogens with one attached hydrogen (secondary N) is 2. The molecule has 0 spiro atoms. The third kappa shape index (κ3) is 7.11. The first-order valence-electron chi connectivity index (χ1n) is 13.2. The van der Waals surface area contributed by atoms with Crippen LogP contribution in [0.3, 0.4) is 0 Å². The maximum absolute atomic E-state index is 14.2. The van der Waals surface area contributed by atoms with Gasteiger partial charge in [0.15, 0.2) is 0 Å². The van der Waals surface area contributed by atoms with E-state index in [2.05, 4.69) is 28.8 Å². The van der Waals surface area contributed by atoms with Crippen molar-refractivity contribution in [2.24, 2.45) is 0 Å². The quantitative estimate of drug-likeness (QED) is 0.378. The number of amides is 1. The number of hydrogen-bond donors (Lipinski definition) is 2. The Morgan fingerprint density at radius 1 is 1.11 bits per heavy atom. The second kappa shape index (κ2) is 13.2. The molecule has 0 aromatic heterocycles. The van der Waals surface area contributed by atoms with Crippen molar-refractivity contribution < 1.29 is 27.1 Å². The Labute approximate surface area is 225 Å². The standard InChI is InChI=1S/C28H38FN3O5S/c1-5-32(6-2)17-9-10-19(3)30-27(33)23-18-21(29)14-16-25(23)38(35,36)31-24-15-13-20-11-7-8-12-22(20)26(24)28(34)37-4/h13-16,18-19,31H,5-12,17H2,1-4H3,(H,30,33). The Morgan fingerprint density at radius 3 is 2.50 bits per heavy atom. The molecule has 3 rings (SSSR count). The first kappa shape index (κ1) is 29.6. The van der Waals surface area contributed by atoms with Crippen LogP contribution in [0.25, 0.3) is 0 Å². The van der Waals surface area contributed by atoms with Crippen molar-refractivity contribution >= 4 is 27.6 Å². The number of rotatable bonds is 12. The summed E-state index contributed by atoms with van der Waals surface area (Å²) in [6.45, 7) is 8.79. The van der Waals surface area contributed by atoms with Crippen molar-refractivity contribution in [1.29, 1.82) is 0 Å². The van der Waals surface area contributed by atoms with Gasteiger partial charge in [0.1, 0.15) is 10.7 Å². The third-order valence-corrected chi connectivity index (χ3v) is 8.45. The molecule has 0 radical (unpaired) electrons. The van der Waals surface area contributed by atoms with Crippen molar-refractivity contribution in [2.45, 2.75) is 70.2 Å². The Morgan fingerprint density at radius 2 is 1.82 bits per heavy atom. The van der Waals surface area contributed by atoms with Gasteiger partial charge in [-0.2, -0.15) is 0 Å². The molecule has 1 amide bonds. The minimum absolute atomic E-state index is 0.0675. The Kier molecular flexibility index (Phi) is 10.3. The van der Waals surface area contributed by atoms with Crippen molar-refractivity contribution in [3.05, 3.63) is 58.4 Å². The largest absolute Gasteiger partial charge is 0.465 e. The lowest BCUT2D eigenvalue weighted by atomic mass is 9.87. The molecule has 10 heteroatoms. The van der Waals surface area contributed by atoms with E-state index >= 15 is 0 Å². The highest BCUT2D eigenvalue weighted by atomic mass is 32.2. The van der Waals surface area contributed by atoms with Crippen LogP contribution in [0.15, 0.2) is 35.2 Å². The predicted molar refractivity (Wildman–Crippen MR) is 146 cm³/mol. The van der Waals surface area contributed by atoms with Crippen LogP contribution in [0.1, 0.15) is 78.3 Å². The minimum atomic E-state index is -4.36. The fourth-order valence-corrected chi connectivity index (χ4v) is 6.15. The van der Waals surface area contributed by atoms with Crippen LogP contribution in [0.5, 0.6) is 0 Å². The molecule has 2 aromatic rings. The number of halogens is 1. The summed E-state index contributed by atoms with van der Waals surface area (Å²) in [7, 11) is -3.11. The molecule has 0 heterocycles. The zero-order chi connectivity index (χ0) is 27.9. The smallest absolute Gasteiger partial charge is 0.340 e. The second-order valence-corrected chi connectivity index (χ2v) is 11.3. The average molecular weight is 548 g/mol. The summed E-state index contributed by atoms with van der Waals surface area (Å²) < 4.78 is 48.6. The van der Waals surface area contributed by atoms with Gasteiger partial charge in [-0.15, -0.1) is 0 Å². The van der Waals surface area contributed by atoms with E-state index in [1.807, 2.05) is 6.92 Å². The predicted octanol–water partition coefficient (Wildman–Crippen LogP) is 4.53. The summed E-state index contributed by atoms with van der Waals surface area (Å²) in [5.41, 5.74) is 1.68. The summed E-state index contributed by atoms with van der Waals surface area (Å²) in [6.07, 6.45) is 4.83. The number of methoxy groups -OCH3 is 1. The molecule has 1 aliphatic rings. The number of aryl methyl sites for hydroxylation is 1. The van der Waals surface area contributed by atoms with E-state index in [-0.39, 0.29) is 27.8 Å². The number of carbonyl (C=O) groups is 2. The highest BCUT2D eigenvalue weighted by Crippen LogP contribution is 2.32. The van der Waals surface area contributed by atoms with Crippen LogP contribution in [0.2, 0.25) is 0 Å². The van der Waals surface area contributed by atoms with Gasteiger partial charge in [0.25, 0.3) is 15.9 Å². The number of benzene rings is 2. The van der Waals surface area contributed by atoms with Gasteiger partial charge < -0.3 is 15.0 Å². The van der Waals surface area contributed by atoms with Gasteiger partial charge in [-0.05, 0) is 100 Å². The number of sulfonamides is 1. The SMILES string of the molecule is CCN(CC)CCCC(C)NC(=O)c1cc(F)ccc1S(=O)(=O)Nc1ccc2c(c1C(=O)OC)CCCC2. The molecule has 0 saturated carbocycles. The van der Waals surface area contributed by atoms with Crippen LogP contribution in [0, 0.1) is 5.82 Å². The van der Waals surface area contributed by atoms with E-state index in [1.165, 1.54) is 13.2 Å². The molecule has 1 aliphatic carbocycles. The maximum atomic E-state index is 14.2. The Balaban J connectivity index is 1.86. The number of anilines is 1. The van der Waals surface area contributed by atoms with E-state index in [0.29, 0.717) is 12.8 Å². The summed E-state index contributed by atoms with van der Waals surface area (Å²) in [6, 6.07) is 6.07. The summed E-state index contributed by atoms with van der Waals surface area (Å²) >= 11 is 0. The molecule has 0 aliphatic heterocycles. The number of hydrogen-bond acceptors (Lipinski definition) is 6. The van der Waals surface area contributed by atoms with Crippen LogP contribution in [-0.2, 0) is 27.6 Å². The van der Waals surface area contributed by atoms with Crippen molar-refractivity contribution in [1.82, 2.24) is 10.2 Å². The Bertz CT molecular complexity index is 1260.